The molecule has 0 aromatic heterocycles. The van der Waals surface area contributed by atoms with Crippen molar-refractivity contribution in [3.8, 4) is 0 Å². The molecule has 0 aromatic carbocycles. The molecule has 0 N–H and O–H groups in total. The first-order chi connectivity index (χ1) is 6.84. The predicted molar refractivity (Wildman–Crippen MR) is 54.5 cm³/mol. The van der Waals surface area contributed by atoms with E-state index in [1.807, 2.05) is 0 Å². The van der Waals surface area contributed by atoms with Gasteiger partial charge in [-0.3, -0.25) is 4.90 Å². The van der Waals surface area contributed by atoms with Crippen LogP contribution in [0.4, 0.5) is 0 Å². The van der Waals surface area contributed by atoms with E-state index in [1.54, 1.807) is 0 Å². The summed E-state index contributed by atoms with van der Waals surface area (Å²) in [7, 11) is 2.16. The molecule has 0 spiro atoms. The van der Waals surface area contributed by atoms with E-state index in [0.29, 0.717) is 6.10 Å². The smallest absolute Gasteiger partial charge is 0.0829 e. The maximum absolute atomic E-state index is 5.73. The van der Waals surface area contributed by atoms with Crippen LogP contribution in [0.25, 0.3) is 0 Å². The quantitative estimate of drug-likeness (QED) is 0.608. The topological polar surface area (TPSA) is 24.9 Å². The van der Waals surface area contributed by atoms with Crippen molar-refractivity contribution in [2.24, 2.45) is 0 Å². The van der Waals surface area contributed by atoms with Crippen molar-refractivity contribution in [3.63, 3.8) is 0 Å². The Morgan fingerprint density at radius 3 is 2.64 bits per heavy atom. The Balaban J connectivity index is 1.72. The Morgan fingerprint density at radius 1 is 1.14 bits per heavy atom. The summed E-state index contributed by atoms with van der Waals surface area (Å²) in [5, 5.41) is 0. The van der Waals surface area contributed by atoms with Crippen LogP contribution in [0.2, 0.25) is 0 Å². The van der Waals surface area contributed by atoms with Gasteiger partial charge in [-0.05, 0) is 7.05 Å². The molecule has 0 bridgehead atoms. The second kappa shape index (κ2) is 5.07. The first-order valence-electron chi connectivity index (χ1n) is 5.45. The van der Waals surface area contributed by atoms with Gasteiger partial charge in [-0.15, -0.1) is 0 Å². The van der Waals surface area contributed by atoms with Crippen LogP contribution in [0, 0.1) is 0 Å². The summed E-state index contributed by atoms with van der Waals surface area (Å²) in [5.41, 5.74) is 0. The molecular formula is C10H20N2O2. The SMILES string of the molecule is CN1CCOC(CN2CCOCC2)C1. The molecule has 2 heterocycles. The first-order valence-corrected chi connectivity index (χ1v) is 5.45. The van der Waals surface area contributed by atoms with E-state index in [4.69, 9.17) is 9.47 Å². The van der Waals surface area contributed by atoms with Crippen LogP contribution in [0.1, 0.15) is 0 Å². The van der Waals surface area contributed by atoms with Crippen molar-refractivity contribution in [2.45, 2.75) is 6.10 Å². The highest BCUT2D eigenvalue weighted by Crippen LogP contribution is 2.06. The molecule has 1 atom stereocenters. The zero-order valence-corrected chi connectivity index (χ0v) is 8.95. The summed E-state index contributed by atoms with van der Waals surface area (Å²) in [5.74, 6) is 0. The summed E-state index contributed by atoms with van der Waals surface area (Å²) in [6.45, 7) is 7.95. The molecule has 14 heavy (non-hydrogen) atoms. The van der Waals surface area contributed by atoms with Crippen LogP contribution in [0.15, 0.2) is 0 Å². The van der Waals surface area contributed by atoms with E-state index in [0.717, 1.165) is 52.5 Å². The molecule has 2 aliphatic rings. The van der Waals surface area contributed by atoms with Crippen LogP contribution in [0.5, 0.6) is 0 Å². The van der Waals surface area contributed by atoms with Gasteiger partial charge in [0, 0.05) is 32.7 Å². The lowest BCUT2D eigenvalue weighted by Gasteiger charge is -2.35. The largest absolute Gasteiger partial charge is 0.379 e. The number of hydrogen-bond acceptors (Lipinski definition) is 4. The number of likely N-dealkylation sites (N-methyl/N-ethyl adjacent to an activating group) is 1. The highest BCUT2D eigenvalue weighted by atomic mass is 16.5. The molecule has 1 unspecified atom stereocenters. The fourth-order valence-electron chi connectivity index (χ4n) is 2.05. The van der Waals surface area contributed by atoms with Crippen LogP contribution < -0.4 is 0 Å². The van der Waals surface area contributed by atoms with Crippen LogP contribution in [0.3, 0.4) is 0 Å². The molecule has 2 saturated heterocycles. The summed E-state index contributed by atoms with van der Waals surface area (Å²) < 4.78 is 11.0. The molecule has 82 valence electrons. The molecule has 0 amide bonds. The van der Waals surface area contributed by atoms with Gasteiger partial charge in [0.15, 0.2) is 0 Å². The fraction of sp³-hybridized carbons (Fsp3) is 1.00. The van der Waals surface area contributed by atoms with Crippen molar-refractivity contribution in [1.29, 1.82) is 0 Å². The summed E-state index contributed by atoms with van der Waals surface area (Å²) in [4.78, 5) is 4.78. The van der Waals surface area contributed by atoms with E-state index >= 15 is 0 Å². The van der Waals surface area contributed by atoms with Crippen LogP contribution in [-0.4, -0.2) is 75.5 Å². The zero-order chi connectivity index (χ0) is 9.80. The van der Waals surface area contributed by atoms with Gasteiger partial charge in [0.05, 0.1) is 25.9 Å². The standard InChI is InChI=1S/C10H20N2O2/c1-11-2-7-14-10(8-11)9-12-3-5-13-6-4-12/h10H,2-9H2,1H3. The molecule has 0 aromatic rings. The van der Waals surface area contributed by atoms with Crippen LogP contribution >= 0.6 is 0 Å². The van der Waals surface area contributed by atoms with Gasteiger partial charge < -0.3 is 14.4 Å². The number of morpholine rings is 2. The summed E-state index contributed by atoms with van der Waals surface area (Å²) in [6, 6.07) is 0. The maximum atomic E-state index is 5.73. The number of hydrogen-bond donors (Lipinski definition) is 0. The molecule has 2 fully saturated rings. The Morgan fingerprint density at radius 2 is 1.93 bits per heavy atom. The maximum Gasteiger partial charge on any atom is 0.0829 e. The van der Waals surface area contributed by atoms with Crippen molar-refractivity contribution < 1.29 is 9.47 Å². The van der Waals surface area contributed by atoms with Gasteiger partial charge in [0.1, 0.15) is 0 Å². The molecule has 0 saturated carbocycles. The van der Waals surface area contributed by atoms with Crippen molar-refractivity contribution >= 4 is 0 Å². The predicted octanol–water partition coefficient (Wildman–Crippen LogP) is -0.351. The van der Waals surface area contributed by atoms with E-state index in [2.05, 4.69) is 16.8 Å². The monoisotopic (exact) mass is 200 g/mol. The van der Waals surface area contributed by atoms with Crippen molar-refractivity contribution in [2.75, 3.05) is 59.6 Å². The lowest BCUT2D eigenvalue weighted by molar-refractivity contribution is -0.0510. The van der Waals surface area contributed by atoms with E-state index in [9.17, 15) is 0 Å². The van der Waals surface area contributed by atoms with Crippen molar-refractivity contribution in [3.05, 3.63) is 0 Å². The third-order valence-electron chi connectivity index (χ3n) is 2.91. The molecule has 0 aliphatic carbocycles. The molecule has 2 aliphatic heterocycles. The van der Waals surface area contributed by atoms with Gasteiger partial charge in [-0.25, -0.2) is 0 Å². The molecule has 0 radical (unpaired) electrons. The third kappa shape index (κ3) is 2.92. The molecular weight excluding hydrogens is 180 g/mol. The summed E-state index contributed by atoms with van der Waals surface area (Å²) in [6.07, 6.45) is 0.395. The lowest BCUT2D eigenvalue weighted by Crippen LogP contribution is -2.48. The zero-order valence-electron chi connectivity index (χ0n) is 8.95. The number of rotatable bonds is 2. The number of nitrogens with zero attached hydrogens (tertiary/aromatic N) is 2. The van der Waals surface area contributed by atoms with E-state index < -0.39 is 0 Å². The van der Waals surface area contributed by atoms with Gasteiger partial charge in [0.2, 0.25) is 0 Å². The Hall–Kier alpha value is -0.160. The minimum Gasteiger partial charge on any atom is -0.379 e. The van der Waals surface area contributed by atoms with Gasteiger partial charge in [-0.1, -0.05) is 0 Å². The third-order valence-corrected chi connectivity index (χ3v) is 2.91. The van der Waals surface area contributed by atoms with Crippen molar-refractivity contribution in [1.82, 2.24) is 9.80 Å². The van der Waals surface area contributed by atoms with Gasteiger partial charge in [0.25, 0.3) is 0 Å². The van der Waals surface area contributed by atoms with E-state index in [-0.39, 0.29) is 0 Å². The summed E-state index contributed by atoms with van der Waals surface area (Å²) >= 11 is 0. The molecule has 4 heteroatoms. The average molecular weight is 200 g/mol. The van der Waals surface area contributed by atoms with Crippen LogP contribution in [-0.2, 0) is 9.47 Å². The Bertz CT molecular complexity index is 172. The molecule has 2 rings (SSSR count). The lowest BCUT2D eigenvalue weighted by atomic mass is 10.2. The van der Waals surface area contributed by atoms with Gasteiger partial charge >= 0.3 is 0 Å². The minimum absolute atomic E-state index is 0.395. The highest BCUT2D eigenvalue weighted by molar-refractivity contribution is 4.74. The highest BCUT2D eigenvalue weighted by Gasteiger charge is 2.21. The van der Waals surface area contributed by atoms with Gasteiger partial charge in [-0.2, -0.15) is 0 Å². The Labute approximate surface area is 85.8 Å². The number of ether oxygens (including phenoxy) is 2. The normalized spacial score (nSPS) is 31.9. The second-order valence-electron chi connectivity index (χ2n) is 4.17. The fourth-order valence-corrected chi connectivity index (χ4v) is 2.05. The minimum atomic E-state index is 0.395. The first kappa shape index (κ1) is 10.4. The second-order valence-corrected chi connectivity index (χ2v) is 4.17. The van der Waals surface area contributed by atoms with E-state index in [1.165, 1.54) is 0 Å². The Kier molecular flexibility index (Phi) is 3.75. The molecule has 4 nitrogen and oxygen atoms in total. The average Bonchev–Trinajstić information content (AvgIpc) is 2.19.